The molecular formula is C64H72O16S4. The lowest BCUT2D eigenvalue weighted by atomic mass is 9.87. The number of rotatable bonds is 32. The van der Waals surface area contributed by atoms with Crippen molar-refractivity contribution in [2.24, 2.45) is 0 Å². The first kappa shape index (κ1) is 62.1. The maximum Gasteiger partial charge on any atom is 0.340 e. The van der Waals surface area contributed by atoms with Crippen LogP contribution in [0.25, 0.3) is 80.7 Å². The summed E-state index contributed by atoms with van der Waals surface area (Å²) >= 11 is 4.01. The van der Waals surface area contributed by atoms with E-state index in [0.717, 1.165) is 45.3 Å². The third-order valence-corrected chi connectivity index (χ3v) is 19.8. The number of hydrogen-bond acceptors (Lipinski definition) is 20. The Labute approximate surface area is 502 Å². The van der Waals surface area contributed by atoms with Gasteiger partial charge in [-0.1, -0.05) is 107 Å². The molecule has 0 bridgehead atoms. The van der Waals surface area contributed by atoms with Crippen LogP contribution in [0, 0.1) is 0 Å². The third kappa shape index (κ3) is 11.2. The Kier molecular flexibility index (Phi) is 20.5. The van der Waals surface area contributed by atoms with Crippen LogP contribution in [0.3, 0.4) is 0 Å². The van der Waals surface area contributed by atoms with E-state index >= 15 is 38.4 Å². The van der Waals surface area contributed by atoms with E-state index in [-0.39, 0.29) is 135 Å². The van der Waals surface area contributed by atoms with Gasteiger partial charge in [0.15, 0.2) is 0 Å². The van der Waals surface area contributed by atoms with Crippen LogP contribution in [-0.2, 0) is 37.9 Å². The fourth-order valence-corrected chi connectivity index (χ4v) is 16.1. The molecule has 9 aromatic rings. The molecule has 0 aliphatic heterocycles. The maximum absolute atomic E-state index is 15.3. The van der Waals surface area contributed by atoms with Gasteiger partial charge in [-0.05, 0) is 51.4 Å². The topological polar surface area (TPSA) is 210 Å². The first-order valence-corrected chi connectivity index (χ1v) is 33.1. The first-order chi connectivity index (χ1) is 40.8. The molecule has 16 nitrogen and oxygen atoms in total. The molecule has 0 fully saturated rings. The minimum Gasteiger partial charge on any atom is -0.462 e. The summed E-state index contributed by atoms with van der Waals surface area (Å²) in [6, 6.07) is 0. The molecular weight excluding hydrogens is 1150 g/mol. The molecule has 0 saturated carbocycles. The molecule has 448 valence electrons. The van der Waals surface area contributed by atoms with Gasteiger partial charge in [0.1, 0.15) is 0 Å². The summed E-state index contributed by atoms with van der Waals surface area (Å²) < 4.78 is 50.3. The van der Waals surface area contributed by atoms with Crippen molar-refractivity contribution in [3.8, 4) is 0 Å². The average molecular weight is 1230 g/mol. The molecule has 0 amide bonds. The van der Waals surface area contributed by atoms with Crippen molar-refractivity contribution >= 4 is 174 Å². The monoisotopic (exact) mass is 1220 g/mol. The van der Waals surface area contributed by atoms with Gasteiger partial charge >= 0.3 is 47.8 Å². The van der Waals surface area contributed by atoms with E-state index in [4.69, 9.17) is 37.9 Å². The van der Waals surface area contributed by atoms with E-state index in [1.165, 1.54) is 0 Å². The number of carbonyl (C=O) groups excluding carboxylic acids is 8. The van der Waals surface area contributed by atoms with Gasteiger partial charge in [-0.2, -0.15) is 0 Å². The predicted molar refractivity (Wildman–Crippen MR) is 333 cm³/mol. The van der Waals surface area contributed by atoms with E-state index < -0.39 is 47.8 Å². The standard InChI is InChI=1S/C64H72O16S4/c1-9-17-25-73-57(65)41-42(58(66)74-26-18-10-2)50-34-33-35-37-39-40-38-36(34)52(82-50)45(61(69)77-29-21-13-5)46(62(70)78-30-22-14-6)54(38)84-56(40)48(64(72)80-32-24-16-8)47(63(71)79-31-23-15-7)55(39)83-53(37)44(60(68)76-28-20-12-4)43(51(35)81-49(33)41)59(67)75-27-19-11-3/h9-32H2,1-8H3. The highest BCUT2D eigenvalue weighted by molar-refractivity contribution is 7.32. The maximum atomic E-state index is 15.3. The highest BCUT2D eigenvalue weighted by atomic mass is 32.1. The SMILES string of the molecule is CCCCOC(=O)c1c(C(=O)OCCCC)c2sc3c(C(=O)OCCCC)c(C(=O)OCCCC)c4sc5c(C(=O)OCCCC)c(C(=O)OCCCC)c6sc7c(C(=O)OCCCC)c(C(=O)OCCCC)c8sc1c1c8c7c6c5c4c3c21. The number of carbonyl (C=O) groups is 8. The van der Waals surface area contributed by atoms with Crippen LogP contribution in [0.2, 0.25) is 0 Å². The van der Waals surface area contributed by atoms with Crippen LogP contribution in [0.5, 0.6) is 0 Å². The van der Waals surface area contributed by atoms with Crippen LogP contribution < -0.4 is 0 Å². The Morgan fingerprint density at radius 2 is 0.321 bits per heavy atom. The highest BCUT2D eigenvalue weighted by Crippen LogP contribution is 2.61. The molecule has 0 spiro atoms. The molecule has 0 aliphatic rings. The molecule has 4 aromatic heterocycles. The molecule has 84 heavy (non-hydrogen) atoms. The summed E-state index contributed by atoms with van der Waals surface area (Å²) in [5.41, 5.74) is -1.30. The van der Waals surface area contributed by atoms with E-state index in [1.807, 2.05) is 55.4 Å². The number of ether oxygens (including phenoxy) is 8. The van der Waals surface area contributed by atoms with E-state index in [9.17, 15) is 0 Å². The Morgan fingerprint density at radius 3 is 0.417 bits per heavy atom. The van der Waals surface area contributed by atoms with Crippen molar-refractivity contribution in [1.82, 2.24) is 0 Å². The van der Waals surface area contributed by atoms with Gasteiger partial charge in [0.2, 0.25) is 0 Å². The molecule has 0 atom stereocenters. The van der Waals surface area contributed by atoms with Gasteiger partial charge in [-0.15, -0.1) is 45.3 Å². The minimum absolute atomic E-state index is 0.00682. The van der Waals surface area contributed by atoms with Crippen molar-refractivity contribution < 1.29 is 76.3 Å². The lowest BCUT2D eigenvalue weighted by Gasteiger charge is -2.16. The van der Waals surface area contributed by atoms with E-state index in [1.54, 1.807) is 0 Å². The second-order valence-corrected chi connectivity index (χ2v) is 25.0. The fraction of sp³-hybridized carbons (Fsp3) is 0.500. The zero-order valence-corrected chi connectivity index (χ0v) is 52.4. The van der Waals surface area contributed by atoms with Gasteiger partial charge in [0, 0.05) is 43.1 Å². The molecule has 9 rings (SSSR count). The average Bonchev–Trinajstić information content (AvgIpc) is 1.49. The van der Waals surface area contributed by atoms with Gasteiger partial charge < -0.3 is 37.9 Å². The van der Waals surface area contributed by atoms with Crippen molar-refractivity contribution in [2.45, 2.75) is 158 Å². The molecule has 20 heteroatoms. The molecule has 4 heterocycles. The second kappa shape index (κ2) is 27.7. The van der Waals surface area contributed by atoms with Crippen LogP contribution in [0.15, 0.2) is 0 Å². The molecule has 0 radical (unpaired) electrons. The van der Waals surface area contributed by atoms with Crippen LogP contribution >= 0.6 is 45.3 Å². The quantitative estimate of drug-likeness (QED) is 0.0218. The van der Waals surface area contributed by atoms with Gasteiger partial charge in [-0.3, -0.25) is 0 Å². The van der Waals surface area contributed by atoms with Gasteiger partial charge in [0.25, 0.3) is 0 Å². The van der Waals surface area contributed by atoms with Crippen LogP contribution in [0.1, 0.15) is 241 Å². The summed E-state index contributed by atoms with van der Waals surface area (Å²) in [7, 11) is 0. The fourth-order valence-electron chi connectivity index (χ4n) is 10.6. The van der Waals surface area contributed by atoms with E-state index in [0.29, 0.717) is 146 Å². The lowest BCUT2D eigenvalue weighted by molar-refractivity contribution is 0.0456. The second-order valence-electron chi connectivity index (χ2n) is 21.0. The highest BCUT2D eigenvalue weighted by Gasteiger charge is 2.42. The summed E-state index contributed by atoms with van der Waals surface area (Å²) in [4.78, 5) is 123. The van der Waals surface area contributed by atoms with Gasteiger partial charge in [-0.25, -0.2) is 38.4 Å². The number of unbranched alkanes of at least 4 members (excludes halogenated alkanes) is 8. The summed E-state index contributed by atoms with van der Waals surface area (Å²) in [6.07, 6.45) is 9.37. The normalized spacial score (nSPS) is 11.9. The number of hydrogen-bond donors (Lipinski definition) is 0. The van der Waals surface area contributed by atoms with Gasteiger partial charge in [0.05, 0.1) is 135 Å². The summed E-state index contributed by atoms with van der Waals surface area (Å²) in [6.45, 7) is 15.5. The number of benzene rings is 4. The van der Waals surface area contributed by atoms with Crippen molar-refractivity contribution in [3.63, 3.8) is 0 Å². The van der Waals surface area contributed by atoms with E-state index in [2.05, 4.69) is 0 Å². The Hall–Kier alpha value is -6.48. The summed E-state index contributed by atoms with van der Waals surface area (Å²) in [5.74, 6) is -6.87. The largest absolute Gasteiger partial charge is 0.462 e. The molecule has 5 aromatic carbocycles. The molecule has 0 saturated heterocycles. The number of esters is 8. The molecule has 0 unspecified atom stereocenters. The first-order valence-electron chi connectivity index (χ1n) is 29.9. The third-order valence-electron chi connectivity index (χ3n) is 14.9. The molecule has 0 N–H and O–H groups in total. The zero-order valence-electron chi connectivity index (χ0n) is 49.1. The Morgan fingerprint density at radius 1 is 0.214 bits per heavy atom. The minimum atomic E-state index is -0.858. The van der Waals surface area contributed by atoms with Crippen molar-refractivity contribution in [2.75, 3.05) is 52.9 Å². The Bertz CT molecular complexity index is 3140. The lowest BCUT2D eigenvalue weighted by Crippen LogP contribution is -2.16. The Balaban J connectivity index is 1.67. The van der Waals surface area contributed by atoms with Crippen molar-refractivity contribution in [3.05, 3.63) is 44.5 Å². The summed E-state index contributed by atoms with van der Waals surface area (Å²) in [5, 5.41) is 2.94. The van der Waals surface area contributed by atoms with Crippen molar-refractivity contribution in [1.29, 1.82) is 0 Å². The number of thiophene rings is 4. The smallest absolute Gasteiger partial charge is 0.340 e. The molecule has 0 aliphatic carbocycles. The van der Waals surface area contributed by atoms with Crippen LogP contribution in [0.4, 0.5) is 0 Å². The zero-order chi connectivity index (χ0) is 59.9. The predicted octanol–water partition coefficient (Wildman–Crippen LogP) is 17.1. The van der Waals surface area contributed by atoms with Crippen LogP contribution in [-0.4, -0.2) is 101 Å².